The summed E-state index contributed by atoms with van der Waals surface area (Å²) >= 11 is 0. The van der Waals surface area contributed by atoms with Gasteiger partial charge in [-0.1, -0.05) is 19.1 Å². The number of benzene rings is 2. The van der Waals surface area contributed by atoms with Crippen LogP contribution in [0, 0.1) is 11.6 Å². The number of likely N-dealkylation sites (N-methyl/N-ethyl adjacent to an activating group) is 1. The van der Waals surface area contributed by atoms with E-state index < -0.39 is 11.6 Å². The first-order valence-corrected chi connectivity index (χ1v) is 11.1. The summed E-state index contributed by atoms with van der Waals surface area (Å²) in [5.74, 6) is -1.59. The maximum Gasteiger partial charge on any atom is 0.256 e. The van der Waals surface area contributed by atoms with Gasteiger partial charge >= 0.3 is 0 Å². The summed E-state index contributed by atoms with van der Waals surface area (Å²) in [6, 6.07) is 10.5. The molecule has 2 heterocycles. The van der Waals surface area contributed by atoms with Crippen LogP contribution in [-0.4, -0.2) is 85.4 Å². The third-order valence-corrected chi connectivity index (χ3v) is 6.31. The fourth-order valence-electron chi connectivity index (χ4n) is 4.30. The van der Waals surface area contributed by atoms with E-state index in [4.69, 9.17) is 0 Å². The molecule has 2 amide bonds. The number of piperazine rings is 2. The SMILES string of the molecule is CCN1CCN(c2ccc(C(=O)N3CCN(C(=O)c4ccccc4F)CC3)cc2F)CC1. The zero-order valence-electron chi connectivity index (χ0n) is 18.3. The Morgan fingerprint density at radius 1 is 0.781 bits per heavy atom. The Morgan fingerprint density at radius 3 is 2.00 bits per heavy atom. The van der Waals surface area contributed by atoms with Crippen molar-refractivity contribution >= 4 is 17.5 Å². The van der Waals surface area contributed by atoms with Crippen LogP contribution >= 0.6 is 0 Å². The average molecular weight is 443 g/mol. The van der Waals surface area contributed by atoms with Crippen molar-refractivity contribution in [2.24, 2.45) is 0 Å². The monoisotopic (exact) mass is 442 g/mol. The van der Waals surface area contributed by atoms with Crippen molar-refractivity contribution in [1.82, 2.24) is 14.7 Å². The molecule has 0 bridgehead atoms. The second-order valence-electron chi connectivity index (χ2n) is 8.15. The average Bonchev–Trinajstić information content (AvgIpc) is 2.83. The predicted octanol–water partition coefficient (Wildman–Crippen LogP) is 2.70. The van der Waals surface area contributed by atoms with Gasteiger partial charge in [-0.15, -0.1) is 0 Å². The van der Waals surface area contributed by atoms with E-state index in [0.29, 0.717) is 37.4 Å². The van der Waals surface area contributed by atoms with Gasteiger partial charge in [-0.05, 0) is 36.9 Å². The van der Waals surface area contributed by atoms with Crippen molar-refractivity contribution in [3.63, 3.8) is 0 Å². The van der Waals surface area contributed by atoms with Crippen LogP contribution in [0.25, 0.3) is 0 Å². The minimum atomic E-state index is -0.553. The van der Waals surface area contributed by atoms with Crippen LogP contribution < -0.4 is 4.90 Å². The number of carbonyl (C=O) groups excluding carboxylic acids is 2. The molecule has 0 aliphatic carbocycles. The van der Waals surface area contributed by atoms with E-state index in [-0.39, 0.29) is 17.4 Å². The smallest absolute Gasteiger partial charge is 0.256 e. The summed E-state index contributed by atoms with van der Waals surface area (Å²) in [6.07, 6.45) is 0. The van der Waals surface area contributed by atoms with E-state index in [1.54, 1.807) is 28.0 Å². The topological polar surface area (TPSA) is 47.1 Å². The molecule has 6 nitrogen and oxygen atoms in total. The first-order chi connectivity index (χ1) is 15.5. The van der Waals surface area contributed by atoms with E-state index in [2.05, 4.69) is 11.8 Å². The predicted molar refractivity (Wildman–Crippen MR) is 119 cm³/mol. The van der Waals surface area contributed by atoms with Gasteiger partial charge in [0.1, 0.15) is 11.6 Å². The van der Waals surface area contributed by atoms with Crippen LogP contribution in [0.4, 0.5) is 14.5 Å². The second kappa shape index (κ2) is 9.65. The first-order valence-electron chi connectivity index (χ1n) is 11.1. The molecule has 2 aliphatic heterocycles. The highest BCUT2D eigenvalue weighted by Gasteiger charge is 2.27. The number of rotatable bonds is 4. The van der Waals surface area contributed by atoms with Gasteiger partial charge in [0.2, 0.25) is 0 Å². The largest absolute Gasteiger partial charge is 0.367 e. The lowest BCUT2D eigenvalue weighted by Gasteiger charge is -2.36. The Hall–Kier alpha value is -3.00. The van der Waals surface area contributed by atoms with E-state index in [1.807, 2.05) is 4.90 Å². The fourth-order valence-corrected chi connectivity index (χ4v) is 4.30. The minimum absolute atomic E-state index is 0.0321. The van der Waals surface area contributed by atoms with Gasteiger partial charge in [-0.25, -0.2) is 8.78 Å². The van der Waals surface area contributed by atoms with Gasteiger partial charge in [-0.2, -0.15) is 0 Å². The molecule has 8 heteroatoms. The Bertz CT molecular complexity index is 984. The second-order valence-corrected chi connectivity index (χ2v) is 8.15. The number of carbonyl (C=O) groups is 2. The van der Waals surface area contributed by atoms with Crippen LogP contribution in [0.1, 0.15) is 27.6 Å². The molecule has 32 heavy (non-hydrogen) atoms. The maximum atomic E-state index is 14.8. The van der Waals surface area contributed by atoms with Gasteiger partial charge in [-0.3, -0.25) is 9.59 Å². The molecule has 0 saturated carbocycles. The van der Waals surface area contributed by atoms with Gasteiger partial charge in [0.05, 0.1) is 11.3 Å². The maximum absolute atomic E-state index is 14.8. The minimum Gasteiger partial charge on any atom is -0.367 e. The van der Waals surface area contributed by atoms with Crippen LogP contribution in [0.5, 0.6) is 0 Å². The standard InChI is InChI=1S/C24H28F2N4O2/c1-2-27-9-11-28(12-10-27)22-8-7-18(17-21(22)26)23(31)29-13-15-30(16-14-29)24(32)19-5-3-4-6-20(19)25/h3-8,17H,2,9-16H2,1H3. The first kappa shape index (κ1) is 22.2. The fraction of sp³-hybridized carbons (Fsp3) is 0.417. The molecule has 4 rings (SSSR count). The summed E-state index contributed by atoms with van der Waals surface area (Å²) < 4.78 is 28.7. The molecular formula is C24H28F2N4O2. The summed E-state index contributed by atoms with van der Waals surface area (Å²) in [4.78, 5) is 33.0. The molecular weight excluding hydrogens is 414 g/mol. The molecule has 2 fully saturated rings. The summed E-state index contributed by atoms with van der Waals surface area (Å²) in [7, 11) is 0. The van der Waals surface area contributed by atoms with Crippen LogP contribution in [0.2, 0.25) is 0 Å². The molecule has 2 aliphatic rings. The van der Waals surface area contributed by atoms with Crippen LogP contribution in [0.3, 0.4) is 0 Å². The highest BCUT2D eigenvalue weighted by molar-refractivity contribution is 5.96. The zero-order chi connectivity index (χ0) is 22.7. The third-order valence-electron chi connectivity index (χ3n) is 6.31. The molecule has 2 saturated heterocycles. The number of nitrogens with zero attached hydrogens (tertiary/aromatic N) is 4. The molecule has 2 aromatic rings. The van der Waals surface area contributed by atoms with Crippen molar-refractivity contribution in [3.8, 4) is 0 Å². The highest BCUT2D eigenvalue weighted by Crippen LogP contribution is 2.23. The Labute approximate surface area is 187 Å². The molecule has 0 aromatic heterocycles. The summed E-state index contributed by atoms with van der Waals surface area (Å²) in [6.45, 7) is 7.67. The molecule has 170 valence electrons. The lowest BCUT2D eigenvalue weighted by molar-refractivity contribution is 0.0532. The lowest BCUT2D eigenvalue weighted by Crippen LogP contribution is -2.50. The number of amides is 2. The molecule has 0 spiro atoms. The molecule has 2 aromatic carbocycles. The third kappa shape index (κ3) is 4.60. The van der Waals surface area contributed by atoms with E-state index in [1.165, 1.54) is 24.3 Å². The van der Waals surface area contributed by atoms with Crippen molar-refractivity contribution in [2.75, 3.05) is 63.8 Å². The molecule has 0 N–H and O–H groups in total. The Morgan fingerprint density at radius 2 is 1.41 bits per heavy atom. The number of hydrogen-bond donors (Lipinski definition) is 0. The highest BCUT2D eigenvalue weighted by atomic mass is 19.1. The van der Waals surface area contributed by atoms with Crippen LogP contribution in [-0.2, 0) is 0 Å². The van der Waals surface area contributed by atoms with Crippen molar-refractivity contribution < 1.29 is 18.4 Å². The Kier molecular flexibility index (Phi) is 6.69. The number of anilines is 1. The van der Waals surface area contributed by atoms with Crippen molar-refractivity contribution in [2.45, 2.75) is 6.92 Å². The van der Waals surface area contributed by atoms with E-state index in [9.17, 15) is 18.4 Å². The molecule has 0 radical (unpaired) electrons. The molecule has 0 unspecified atom stereocenters. The Balaban J connectivity index is 1.37. The van der Waals surface area contributed by atoms with Gasteiger partial charge < -0.3 is 19.6 Å². The summed E-state index contributed by atoms with van der Waals surface area (Å²) in [5, 5.41) is 0. The van der Waals surface area contributed by atoms with Gasteiger partial charge in [0, 0.05) is 57.9 Å². The molecule has 0 atom stereocenters. The number of hydrogen-bond acceptors (Lipinski definition) is 4. The van der Waals surface area contributed by atoms with Gasteiger partial charge in [0.15, 0.2) is 0 Å². The van der Waals surface area contributed by atoms with E-state index >= 15 is 0 Å². The zero-order valence-corrected chi connectivity index (χ0v) is 18.3. The summed E-state index contributed by atoms with van der Waals surface area (Å²) in [5.41, 5.74) is 0.856. The number of halogens is 2. The van der Waals surface area contributed by atoms with Crippen molar-refractivity contribution in [1.29, 1.82) is 0 Å². The normalized spacial score (nSPS) is 17.5. The van der Waals surface area contributed by atoms with Crippen LogP contribution in [0.15, 0.2) is 42.5 Å². The van der Waals surface area contributed by atoms with Gasteiger partial charge in [0.25, 0.3) is 11.8 Å². The lowest BCUT2D eigenvalue weighted by atomic mass is 10.1. The van der Waals surface area contributed by atoms with E-state index in [0.717, 1.165) is 32.7 Å². The van der Waals surface area contributed by atoms with Crippen molar-refractivity contribution in [3.05, 3.63) is 65.2 Å². The quantitative estimate of drug-likeness (QED) is 0.731.